The van der Waals surface area contributed by atoms with E-state index >= 15 is 0 Å². The molecular formula is C15H25FN2. The third-order valence-corrected chi connectivity index (χ3v) is 3.34. The van der Waals surface area contributed by atoms with E-state index in [2.05, 4.69) is 24.1 Å². The normalized spacial score (nSPS) is 12.5. The first kappa shape index (κ1) is 15.0. The molecule has 0 fully saturated rings. The van der Waals surface area contributed by atoms with Gasteiger partial charge in [0, 0.05) is 31.4 Å². The molecule has 1 rings (SSSR count). The number of anilines is 1. The van der Waals surface area contributed by atoms with Crippen molar-refractivity contribution >= 4 is 5.69 Å². The van der Waals surface area contributed by atoms with Crippen LogP contribution in [0.15, 0.2) is 18.2 Å². The number of rotatable bonds is 7. The van der Waals surface area contributed by atoms with E-state index in [1.165, 1.54) is 6.07 Å². The lowest BCUT2D eigenvalue weighted by Gasteiger charge is -2.25. The smallest absolute Gasteiger partial charge is 0.129 e. The Balaban J connectivity index is 2.88. The summed E-state index contributed by atoms with van der Waals surface area (Å²) in [4.78, 5) is 2.16. The van der Waals surface area contributed by atoms with Gasteiger partial charge in [-0.2, -0.15) is 0 Å². The number of hydrogen-bond acceptors (Lipinski definition) is 2. The van der Waals surface area contributed by atoms with Crippen molar-refractivity contribution in [2.75, 3.05) is 25.0 Å². The van der Waals surface area contributed by atoms with Crippen molar-refractivity contribution in [3.63, 3.8) is 0 Å². The second kappa shape index (κ2) is 7.37. The average Bonchev–Trinajstić information content (AvgIpc) is 2.36. The molecule has 0 spiro atoms. The maximum atomic E-state index is 13.9. The summed E-state index contributed by atoms with van der Waals surface area (Å²) in [5.41, 5.74) is 1.77. The Hall–Kier alpha value is -1.09. The maximum absolute atomic E-state index is 13.9. The van der Waals surface area contributed by atoms with Gasteiger partial charge in [0.1, 0.15) is 5.82 Å². The van der Waals surface area contributed by atoms with Crippen molar-refractivity contribution < 1.29 is 4.39 Å². The standard InChI is InChI=1S/C15H25FN2/c1-5-12(3)11-18(4)15-9-7-8-14(16)13(15)10-17-6-2/h7-9,12,17H,5-6,10-11H2,1-4H3. The Morgan fingerprint density at radius 2 is 2.06 bits per heavy atom. The van der Waals surface area contributed by atoms with Crippen molar-refractivity contribution in [3.05, 3.63) is 29.6 Å². The summed E-state index contributed by atoms with van der Waals surface area (Å²) in [6, 6.07) is 5.32. The van der Waals surface area contributed by atoms with Gasteiger partial charge in [0.05, 0.1) is 0 Å². The molecule has 1 unspecified atom stereocenters. The van der Waals surface area contributed by atoms with Gasteiger partial charge in [-0.25, -0.2) is 4.39 Å². The van der Waals surface area contributed by atoms with Gasteiger partial charge in [0.2, 0.25) is 0 Å². The molecule has 0 bridgehead atoms. The molecule has 0 aliphatic rings. The number of halogens is 1. The van der Waals surface area contributed by atoms with Crippen LogP contribution in [0.3, 0.4) is 0 Å². The van der Waals surface area contributed by atoms with E-state index in [-0.39, 0.29) is 5.82 Å². The number of nitrogens with one attached hydrogen (secondary N) is 1. The minimum atomic E-state index is -0.121. The Morgan fingerprint density at radius 3 is 2.67 bits per heavy atom. The van der Waals surface area contributed by atoms with Gasteiger partial charge in [-0.05, 0) is 24.6 Å². The minimum absolute atomic E-state index is 0.121. The SMILES string of the molecule is CCNCc1c(F)cccc1N(C)CC(C)CC. The summed E-state index contributed by atoms with van der Waals surface area (Å²) in [5, 5.41) is 3.20. The molecule has 0 radical (unpaired) electrons. The molecule has 0 saturated carbocycles. The summed E-state index contributed by atoms with van der Waals surface area (Å²) in [7, 11) is 2.04. The number of hydrogen-bond donors (Lipinski definition) is 1. The maximum Gasteiger partial charge on any atom is 0.129 e. The Morgan fingerprint density at radius 1 is 1.33 bits per heavy atom. The lowest BCUT2D eigenvalue weighted by molar-refractivity contribution is 0.553. The van der Waals surface area contributed by atoms with E-state index < -0.39 is 0 Å². The van der Waals surface area contributed by atoms with Crippen molar-refractivity contribution in [2.45, 2.75) is 33.7 Å². The Kier molecular flexibility index (Phi) is 6.13. The van der Waals surface area contributed by atoms with Gasteiger partial charge in [0.25, 0.3) is 0 Å². The van der Waals surface area contributed by atoms with Crippen molar-refractivity contribution in [1.82, 2.24) is 5.32 Å². The van der Waals surface area contributed by atoms with Crippen LogP contribution in [0.2, 0.25) is 0 Å². The first-order chi connectivity index (χ1) is 8.60. The predicted molar refractivity (Wildman–Crippen MR) is 76.5 cm³/mol. The molecular weight excluding hydrogens is 227 g/mol. The molecule has 2 nitrogen and oxygen atoms in total. The van der Waals surface area contributed by atoms with Gasteiger partial charge in [-0.3, -0.25) is 0 Å². The third-order valence-electron chi connectivity index (χ3n) is 3.34. The zero-order chi connectivity index (χ0) is 13.5. The van der Waals surface area contributed by atoms with Crippen LogP contribution in [0.4, 0.5) is 10.1 Å². The van der Waals surface area contributed by atoms with Gasteiger partial charge >= 0.3 is 0 Å². The minimum Gasteiger partial charge on any atom is -0.374 e. The number of nitrogens with zero attached hydrogens (tertiary/aromatic N) is 1. The highest BCUT2D eigenvalue weighted by molar-refractivity contribution is 5.53. The fourth-order valence-electron chi connectivity index (χ4n) is 2.02. The first-order valence-electron chi connectivity index (χ1n) is 6.79. The van der Waals surface area contributed by atoms with Gasteiger partial charge in [-0.1, -0.05) is 33.3 Å². The molecule has 0 amide bonds. The fourth-order valence-corrected chi connectivity index (χ4v) is 2.02. The van der Waals surface area contributed by atoms with E-state index in [1.807, 2.05) is 20.0 Å². The second-order valence-corrected chi connectivity index (χ2v) is 4.91. The molecule has 102 valence electrons. The highest BCUT2D eigenvalue weighted by atomic mass is 19.1. The molecule has 1 atom stereocenters. The summed E-state index contributed by atoms with van der Waals surface area (Å²) in [6.07, 6.45) is 1.14. The van der Waals surface area contributed by atoms with E-state index in [0.717, 1.165) is 30.8 Å². The van der Waals surface area contributed by atoms with Crippen LogP contribution in [0.25, 0.3) is 0 Å². The van der Waals surface area contributed by atoms with E-state index in [0.29, 0.717) is 12.5 Å². The lowest BCUT2D eigenvalue weighted by Crippen LogP contribution is -2.26. The van der Waals surface area contributed by atoms with Gasteiger partial charge in [-0.15, -0.1) is 0 Å². The molecule has 0 aliphatic heterocycles. The van der Waals surface area contributed by atoms with Crippen LogP contribution in [0, 0.1) is 11.7 Å². The van der Waals surface area contributed by atoms with Crippen LogP contribution in [-0.4, -0.2) is 20.1 Å². The fraction of sp³-hybridized carbons (Fsp3) is 0.600. The summed E-state index contributed by atoms with van der Waals surface area (Å²) < 4.78 is 13.9. The van der Waals surface area contributed by atoms with Crippen LogP contribution in [0.1, 0.15) is 32.8 Å². The largest absolute Gasteiger partial charge is 0.374 e. The molecule has 1 aromatic carbocycles. The van der Waals surface area contributed by atoms with Gasteiger partial charge in [0.15, 0.2) is 0 Å². The highest BCUT2D eigenvalue weighted by Crippen LogP contribution is 2.23. The first-order valence-corrected chi connectivity index (χ1v) is 6.79. The van der Waals surface area contributed by atoms with Crippen molar-refractivity contribution in [1.29, 1.82) is 0 Å². The van der Waals surface area contributed by atoms with Crippen LogP contribution >= 0.6 is 0 Å². The van der Waals surface area contributed by atoms with Crippen LogP contribution in [0.5, 0.6) is 0 Å². The molecule has 0 aromatic heterocycles. The van der Waals surface area contributed by atoms with Gasteiger partial charge < -0.3 is 10.2 Å². The summed E-state index contributed by atoms with van der Waals surface area (Å²) in [5.74, 6) is 0.495. The molecule has 1 N–H and O–H groups in total. The zero-order valence-electron chi connectivity index (χ0n) is 12.0. The molecule has 0 aliphatic carbocycles. The average molecular weight is 252 g/mol. The lowest BCUT2D eigenvalue weighted by atomic mass is 10.1. The monoisotopic (exact) mass is 252 g/mol. The predicted octanol–water partition coefficient (Wildman–Crippen LogP) is 3.42. The van der Waals surface area contributed by atoms with E-state index in [4.69, 9.17) is 0 Å². The summed E-state index contributed by atoms with van der Waals surface area (Å²) in [6.45, 7) is 8.83. The summed E-state index contributed by atoms with van der Waals surface area (Å²) >= 11 is 0. The van der Waals surface area contributed by atoms with Crippen LogP contribution in [-0.2, 0) is 6.54 Å². The van der Waals surface area contributed by atoms with E-state index in [9.17, 15) is 4.39 Å². The third kappa shape index (κ3) is 3.98. The van der Waals surface area contributed by atoms with Crippen LogP contribution < -0.4 is 10.2 Å². The quantitative estimate of drug-likeness (QED) is 0.800. The van der Waals surface area contributed by atoms with E-state index in [1.54, 1.807) is 6.07 Å². The molecule has 0 saturated heterocycles. The Labute approximate surface area is 110 Å². The zero-order valence-corrected chi connectivity index (χ0v) is 12.0. The molecule has 18 heavy (non-hydrogen) atoms. The number of benzene rings is 1. The second-order valence-electron chi connectivity index (χ2n) is 4.91. The molecule has 0 heterocycles. The van der Waals surface area contributed by atoms with Crippen molar-refractivity contribution in [3.8, 4) is 0 Å². The molecule has 3 heteroatoms. The Bertz CT molecular complexity index is 366. The topological polar surface area (TPSA) is 15.3 Å². The molecule has 1 aromatic rings. The highest BCUT2D eigenvalue weighted by Gasteiger charge is 2.13. The van der Waals surface area contributed by atoms with Crippen molar-refractivity contribution in [2.24, 2.45) is 5.92 Å².